The van der Waals surface area contributed by atoms with E-state index in [9.17, 15) is 13.2 Å². The summed E-state index contributed by atoms with van der Waals surface area (Å²) in [4.78, 5) is 0. The molecule has 112 valence electrons. The highest BCUT2D eigenvalue weighted by atomic mass is 35.5. The second-order valence-corrected chi connectivity index (χ2v) is 4.26. The van der Waals surface area contributed by atoms with E-state index in [2.05, 4.69) is 15.5 Å². The molecule has 0 spiro atoms. The maximum atomic E-state index is 12.7. The maximum absolute atomic E-state index is 12.7. The number of hydrogen-bond donors (Lipinski definition) is 1. The van der Waals surface area contributed by atoms with Crippen molar-refractivity contribution in [2.75, 3.05) is 0 Å². The van der Waals surface area contributed by atoms with E-state index in [1.807, 2.05) is 0 Å². The molecule has 0 atom stereocenters. The molecule has 0 aliphatic carbocycles. The van der Waals surface area contributed by atoms with Crippen LogP contribution in [0.1, 0.15) is 17.0 Å². The molecule has 2 aromatic heterocycles. The monoisotopic (exact) mass is 309 g/mol. The Labute approximate surface area is 120 Å². The first-order valence-electron chi connectivity index (χ1n) is 5.65. The van der Waals surface area contributed by atoms with Crippen molar-refractivity contribution in [2.45, 2.75) is 19.3 Å². The van der Waals surface area contributed by atoms with Gasteiger partial charge < -0.3 is 5.32 Å². The SMILES string of the molecule is Cl.Cn1ccc(CNCc2cn(C)nc2C(F)(F)F)n1. The molecule has 1 N–H and O–H groups in total. The Bertz CT molecular complexity index is 561. The van der Waals surface area contributed by atoms with E-state index in [1.165, 1.54) is 17.9 Å². The van der Waals surface area contributed by atoms with Gasteiger partial charge >= 0.3 is 6.18 Å². The van der Waals surface area contributed by atoms with Crippen LogP contribution < -0.4 is 5.32 Å². The minimum absolute atomic E-state index is 0. The van der Waals surface area contributed by atoms with E-state index in [1.54, 1.807) is 24.0 Å². The lowest BCUT2D eigenvalue weighted by molar-refractivity contribution is -0.142. The van der Waals surface area contributed by atoms with E-state index in [0.717, 1.165) is 5.69 Å². The quantitative estimate of drug-likeness (QED) is 0.938. The molecule has 0 saturated carbocycles. The number of alkyl halides is 3. The number of aryl methyl sites for hydroxylation is 2. The molecule has 2 aromatic rings. The largest absolute Gasteiger partial charge is 0.435 e. The molecule has 5 nitrogen and oxygen atoms in total. The molecule has 0 bridgehead atoms. The second kappa shape index (κ2) is 6.27. The van der Waals surface area contributed by atoms with Gasteiger partial charge in [0.25, 0.3) is 0 Å². The summed E-state index contributed by atoms with van der Waals surface area (Å²) < 4.78 is 40.9. The molecule has 20 heavy (non-hydrogen) atoms. The summed E-state index contributed by atoms with van der Waals surface area (Å²) in [5, 5.41) is 10.5. The first-order valence-corrected chi connectivity index (χ1v) is 5.65. The average Bonchev–Trinajstić information content (AvgIpc) is 2.85. The Hall–Kier alpha value is -1.54. The summed E-state index contributed by atoms with van der Waals surface area (Å²) in [6, 6.07) is 1.81. The number of halogens is 4. The van der Waals surface area contributed by atoms with Crippen LogP contribution in [0.5, 0.6) is 0 Å². The Balaban J connectivity index is 0.00000200. The fourth-order valence-electron chi connectivity index (χ4n) is 1.79. The lowest BCUT2D eigenvalue weighted by Crippen LogP contribution is -2.17. The van der Waals surface area contributed by atoms with Crippen LogP contribution in [0.4, 0.5) is 13.2 Å². The number of hydrogen-bond acceptors (Lipinski definition) is 3. The van der Waals surface area contributed by atoms with Gasteiger partial charge in [-0.05, 0) is 6.07 Å². The molecule has 0 aliphatic rings. The molecule has 2 rings (SSSR count). The van der Waals surface area contributed by atoms with E-state index in [0.29, 0.717) is 6.54 Å². The molecular formula is C11H15ClF3N5. The molecule has 0 radical (unpaired) electrons. The fraction of sp³-hybridized carbons (Fsp3) is 0.455. The van der Waals surface area contributed by atoms with E-state index < -0.39 is 11.9 Å². The van der Waals surface area contributed by atoms with Gasteiger partial charge in [0.1, 0.15) is 0 Å². The van der Waals surface area contributed by atoms with Gasteiger partial charge in [0, 0.05) is 45.1 Å². The highest BCUT2D eigenvalue weighted by molar-refractivity contribution is 5.85. The van der Waals surface area contributed by atoms with Crippen LogP contribution in [0.25, 0.3) is 0 Å². The van der Waals surface area contributed by atoms with Gasteiger partial charge in [-0.15, -0.1) is 12.4 Å². The van der Waals surface area contributed by atoms with E-state index in [4.69, 9.17) is 0 Å². The Morgan fingerprint density at radius 2 is 1.85 bits per heavy atom. The standard InChI is InChI=1S/C11H14F3N5.ClH/c1-18-4-3-9(16-18)6-15-5-8-7-19(2)17-10(8)11(12,13)14;/h3-4,7,15H,5-6H2,1-2H3;1H. The predicted octanol–water partition coefficient (Wildman–Crippen LogP) is 1.88. The van der Waals surface area contributed by atoms with Crippen LogP contribution in [-0.2, 0) is 33.4 Å². The van der Waals surface area contributed by atoms with Gasteiger partial charge in [0.15, 0.2) is 5.69 Å². The molecule has 0 aromatic carbocycles. The van der Waals surface area contributed by atoms with Crippen LogP contribution in [0.3, 0.4) is 0 Å². The summed E-state index contributed by atoms with van der Waals surface area (Å²) in [6.07, 6.45) is -1.28. The van der Waals surface area contributed by atoms with Crippen molar-refractivity contribution in [3.05, 3.63) is 35.4 Å². The lowest BCUT2D eigenvalue weighted by atomic mass is 10.2. The van der Waals surface area contributed by atoms with Gasteiger partial charge in [-0.2, -0.15) is 23.4 Å². The normalized spacial score (nSPS) is 11.4. The molecule has 9 heteroatoms. The summed E-state index contributed by atoms with van der Waals surface area (Å²) in [5.74, 6) is 0. The third kappa shape index (κ3) is 3.97. The second-order valence-electron chi connectivity index (χ2n) is 4.26. The van der Waals surface area contributed by atoms with Crippen molar-refractivity contribution in [1.82, 2.24) is 24.9 Å². The van der Waals surface area contributed by atoms with Crippen molar-refractivity contribution in [1.29, 1.82) is 0 Å². The zero-order chi connectivity index (χ0) is 14.0. The summed E-state index contributed by atoms with van der Waals surface area (Å²) in [7, 11) is 3.25. The first kappa shape index (κ1) is 16.5. The van der Waals surface area contributed by atoms with Gasteiger partial charge in [-0.1, -0.05) is 0 Å². The number of nitrogens with zero attached hydrogens (tertiary/aromatic N) is 4. The molecule has 0 saturated heterocycles. The summed E-state index contributed by atoms with van der Waals surface area (Å²) in [6.45, 7) is 0.506. The maximum Gasteiger partial charge on any atom is 0.435 e. The number of rotatable bonds is 4. The van der Waals surface area contributed by atoms with Crippen LogP contribution in [0.2, 0.25) is 0 Å². The first-order chi connectivity index (χ1) is 8.86. The minimum Gasteiger partial charge on any atom is -0.307 e. The highest BCUT2D eigenvalue weighted by Crippen LogP contribution is 2.30. The third-order valence-corrected chi connectivity index (χ3v) is 2.56. The van der Waals surface area contributed by atoms with Gasteiger partial charge in [0.05, 0.1) is 5.69 Å². The molecule has 0 amide bonds. The number of nitrogens with one attached hydrogen (secondary N) is 1. The Morgan fingerprint density at radius 3 is 2.40 bits per heavy atom. The minimum atomic E-state index is -4.43. The van der Waals surface area contributed by atoms with Gasteiger partial charge in [0.2, 0.25) is 0 Å². The van der Waals surface area contributed by atoms with E-state index in [-0.39, 0.29) is 24.5 Å². The van der Waals surface area contributed by atoms with Crippen molar-refractivity contribution in [2.24, 2.45) is 14.1 Å². The molecular weight excluding hydrogens is 295 g/mol. The fourth-order valence-corrected chi connectivity index (χ4v) is 1.79. The van der Waals surface area contributed by atoms with Crippen molar-refractivity contribution in [3.63, 3.8) is 0 Å². The smallest absolute Gasteiger partial charge is 0.307 e. The van der Waals surface area contributed by atoms with Gasteiger partial charge in [-0.25, -0.2) is 0 Å². The van der Waals surface area contributed by atoms with Crippen molar-refractivity contribution >= 4 is 12.4 Å². The van der Waals surface area contributed by atoms with Crippen LogP contribution in [0, 0.1) is 0 Å². The van der Waals surface area contributed by atoms with Crippen LogP contribution in [0.15, 0.2) is 18.5 Å². The van der Waals surface area contributed by atoms with Crippen LogP contribution in [-0.4, -0.2) is 19.6 Å². The van der Waals surface area contributed by atoms with Crippen molar-refractivity contribution < 1.29 is 13.2 Å². The average molecular weight is 310 g/mol. The summed E-state index contributed by atoms with van der Waals surface area (Å²) in [5.41, 5.74) is 0.0643. The lowest BCUT2D eigenvalue weighted by Gasteiger charge is -2.06. The zero-order valence-electron chi connectivity index (χ0n) is 11.0. The topological polar surface area (TPSA) is 47.7 Å². The van der Waals surface area contributed by atoms with Gasteiger partial charge in [-0.3, -0.25) is 9.36 Å². The molecule has 0 aliphatic heterocycles. The molecule has 0 fully saturated rings. The predicted molar refractivity (Wildman–Crippen MR) is 69.2 cm³/mol. The molecule has 2 heterocycles. The summed E-state index contributed by atoms with van der Waals surface area (Å²) >= 11 is 0. The Kier molecular flexibility index (Phi) is 5.18. The van der Waals surface area contributed by atoms with Crippen LogP contribution >= 0.6 is 12.4 Å². The highest BCUT2D eigenvalue weighted by Gasteiger charge is 2.36. The van der Waals surface area contributed by atoms with E-state index >= 15 is 0 Å². The zero-order valence-corrected chi connectivity index (χ0v) is 11.8. The third-order valence-electron chi connectivity index (χ3n) is 2.56. The Morgan fingerprint density at radius 1 is 1.15 bits per heavy atom. The van der Waals surface area contributed by atoms with Crippen molar-refractivity contribution in [3.8, 4) is 0 Å². The number of aromatic nitrogens is 4. The molecule has 0 unspecified atom stereocenters.